The first-order chi connectivity index (χ1) is 18.7. The lowest BCUT2D eigenvalue weighted by Crippen LogP contribution is -2.43. The van der Waals surface area contributed by atoms with E-state index in [9.17, 15) is 27.6 Å². The number of rotatable bonds is 5. The summed E-state index contributed by atoms with van der Waals surface area (Å²) in [5.74, 6) is -1.90. The summed E-state index contributed by atoms with van der Waals surface area (Å²) in [5, 5.41) is 9.08. The molecule has 1 N–H and O–H groups in total. The van der Waals surface area contributed by atoms with E-state index < -0.39 is 23.5 Å². The van der Waals surface area contributed by atoms with Crippen LogP contribution in [-0.4, -0.2) is 51.5 Å². The number of nitrogens with zero attached hydrogens (tertiary/aromatic N) is 2. The zero-order chi connectivity index (χ0) is 29.5. The lowest BCUT2D eigenvalue weighted by Gasteiger charge is -2.36. The Morgan fingerprint density at radius 3 is 2.50 bits per heavy atom. The average Bonchev–Trinajstić information content (AvgIpc) is 3.17. The average molecular weight is 597 g/mol. The molecule has 1 amide bonds. The highest BCUT2D eigenvalue weighted by atomic mass is 35.5. The molecule has 1 aromatic heterocycles. The summed E-state index contributed by atoms with van der Waals surface area (Å²) in [7, 11) is 1.66. The van der Waals surface area contributed by atoms with E-state index in [4.69, 9.17) is 28.3 Å². The van der Waals surface area contributed by atoms with Crippen LogP contribution in [0.3, 0.4) is 0 Å². The van der Waals surface area contributed by atoms with Crippen LogP contribution in [0, 0.1) is 11.8 Å². The smallest absolute Gasteiger partial charge is 0.416 e. The van der Waals surface area contributed by atoms with Crippen molar-refractivity contribution >= 4 is 46.4 Å². The molecule has 2 aliphatic rings. The number of halogens is 5. The van der Waals surface area contributed by atoms with Crippen LogP contribution in [0.15, 0.2) is 35.9 Å². The van der Waals surface area contributed by atoms with Gasteiger partial charge in [-0.1, -0.05) is 36.2 Å². The maximum atomic E-state index is 13.8. The van der Waals surface area contributed by atoms with Crippen molar-refractivity contribution in [2.45, 2.75) is 45.7 Å². The fraction of sp³-hybridized carbons (Fsp3) is 0.414. The van der Waals surface area contributed by atoms with Gasteiger partial charge in [0.25, 0.3) is 5.91 Å². The molecule has 214 valence electrons. The number of carboxylic acid groups (broad SMARTS) is 1. The van der Waals surface area contributed by atoms with Crippen molar-refractivity contribution in [1.29, 1.82) is 0 Å². The van der Waals surface area contributed by atoms with E-state index in [1.54, 1.807) is 29.5 Å². The molecule has 1 aliphatic carbocycles. The third-order valence-corrected chi connectivity index (χ3v) is 8.52. The fourth-order valence-corrected chi connectivity index (χ4v) is 6.19. The summed E-state index contributed by atoms with van der Waals surface area (Å²) in [6.07, 6.45) is -1.26. The molecule has 2 heterocycles. The Kier molecular flexibility index (Phi) is 8.57. The molecule has 2 aromatic rings. The van der Waals surface area contributed by atoms with Gasteiger partial charge in [-0.15, -0.1) is 0 Å². The number of carboxylic acids is 1. The summed E-state index contributed by atoms with van der Waals surface area (Å²) < 4.78 is 41.8. The van der Waals surface area contributed by atoms with Gasteiger partial charge >= 0.3 is 12.1 Å². The molecule has 0 saturated carbocycles. The van der Waals surface area contributed by atoms with E-state index in [1.165, 1.54) is 12.1 Å². The van der Waals surface area contributed by atoms with Gasteiger partial charge in [0, 0.05) is 32.3 Å². The number of amides is 1. The molecule has 1 aliphatic heterocycles. The van der Waals surface area contributed by atoms with Gasteiger partial charge < -0.3 is 14.6 Å². The number of hydrogen-bond acceptors (Lipinski definition) is 3. The molecule has 0 bridgehead atoms. The van der Waals surface area contributed by atoms with Crippen molar-refractivity contribution in [3.8, 4) is 0 Å². The van der Waals surface area contributed by atoms with E-state index in [-0.39, 0.29) is 57.5 Å². The first-order valence-electron chi connectivity index (χ1n) is 12.9. The number of benzene rings is 1. The van der Waals surface area contributed by atoms with Gasteiger partial charge in [0.2, 0.25) is 5.78 Å². The van der Waals surface area contributed by atoms with Crippen molar-refractivity contribution in [2.75, 3.05) is 13.1 Å². The van der Waals surface area contributed by atoms with Gasteiger partial charge in [-0.25, -0.2) is 0 Å². The molecule has 0 unspecified atom stereocenters. The minimum absolute atomic E-state index is 0.0342. The first kappa shape index (κ1) is 29.9. The molecule has 1 saturated heterocycles. The molecular formula is C29H29Cl2F3N2O4. The van der Waals surface area contributed by atoms with E-state index in [0.29, 0.717) is 42.8 Å². The third kappa shape index (κ3) is 5.86. The van der Waals surface area contributed by atoms with E-state index in [0.717, 1.165) is 12.2 Å². The SMILES string of the molecule is CC1=CC(C(F)(F)F)=CCCc2c1cc(C(=O)c1c(Cl)ccc(C(=O)N3CC[C@@H](CC(=O)O)[C@@H](C)C3)c1Cl)n2C. The number of likely N-dealkylation sites (tertiary alicyclic amines) is 1. The highest BCUT2D eigenvalue weighted by Gasteiger charge is 2.34. The van der Waals surface area contributed by atoms with Gasteiger partial charge in [-0.05, 0) is 73.4 Å². The molecule has 40 heavy (non-hydrogen) atoms. The third-order valence-electron chi connectivity index (χ3n) is 7.82. The van der Waals surface area contributed by atoms with Gasteiger partial charge in [0.05, 0.1) is 32.4 Å². The Morgan fingerprint density at radius 2 is 1.88 bits per heavy atom. The highest BCUT2D eigenvalue weighted by Crippen LogP contribution is 2.37. The van der Waals surface area contributed by atoms with Crippen molar-refractivity contribution in [1.82, 2.24) is 9.47 Å². The Hall–Kier alpha value is -3.04. The topological polar surface area (TPSA) is 79.6 Å². The van der Waals surface area contributed by atoms with Crippen LogP contribution in [0.5, 0.6) is 0 Å². The van der Waals surface area contributed by atoms with Gasteiger partial charge in [-0.2, -0.15) is 13.2 Å². The zero-order valence-corrected chi connectivity index (χ0v) is 23.8. The van der Waals surface area contributed by atoms with Gasteiger partial charge in [0.1, 0.15) is 0 Å². The number of hydrogen-bond donors (Lipinski definition) is 1. The fourth-order valence-electron chi connectivity index (χ4n) is 5.57. The van der Waals surface area contributed by atoms with E-state index in [2.05, 4.69) is 0 Å². The van der Waals surface area contributed by atoms with Crippen LogP contribution in [0.1, 0.15) is 70.8 Å². The monoisotopic (exact) mass is 596 g/mol. The van der Waals surface area contributed by atoms with Crippen molar-refractivity contribution < 1.29 is 32.7 Å². The van der Waals surface area contributed by atoms with Crippen molar-refractivity contribution in [3.05, 3.63) is 74.0 Å². The van der Waals surface area contributed by atoms with Gasteiger partial charge in [0.15, 0.2) is 0 Å². The van der Waals surface area contributed by atoms with E-state index in [1.807, 2.05) is 6.92 Å². The van der Waals surface area contributed by atoms with Gasteiger partial charge in [-0.3, -0.25) is 14.4 Å². The predicted octanol–water partition coefficient (Wildman–Crippen LogP) is 6.97. The zero-order valence-electron chi connectivity index (χ0n) is 22.2. The number of carbonyl (C=O) groups excluding carboxylic acids is 2. The quantitative estimate of drug-likeness (QED) is 0.378. The lowest BCUT2D eigenvalue weighted by atomic mass is 9.84. The number of carbonyl (C=O) groups is 3. The molecule has 4 rings (SSSR count). The molecular weight excluding hydrogens is 568 g/mol. The standard InChI is InChI=1S/C29H29Cl2F3N2O4/c1-15-11-18(29(32,33)34)5-4-6-22-20(15)13-23(35(22)3)27(39)25-21(30)8-7-19(26(25)31)28(40)36-10-9-17(12-24(37)38)16(2)14-36/h5,7-8,11,13,16-17H,4,6,9-10,12,14H2,1-3H3,(H,37,38)/t16-,17-/m0/s1. The molecule has 0 radical (unpaired) electrons. The van der Waals surface area contributed by atoms with Crippen LogP contribution in [0.25, 0.3) is 5.57 Å². The van der Waals surface area contributed by atoms with Crippen LogP contribution < -0.4 is 0 Å². The molecule has 2 atom stereocenters. The Labute approximate surface area is 240 Å². The van der Waals surface area contributed by atoms with Crippen LogP contribution in [0.4, 0.5) is 13.2 Å². The summed E-state index contributed by atoms with van der Waals surface area (Å²) >= 11 is 13.1. The maximum absolute atomic E-state index is 13.8. The molecule has 0 spiro atoms. The number of ketones is 1. The normalized spacial score (nSPS) is 19.8. The number of aliphatic carboxylic acids is 1. The van der Waals surface area contributed by atoms with E-state index >= 15 is 0 Å². The van der Waals surface area contributed by atoms with Crippen molar-refractivity contribution in [3.63, 3.8) is 0 Å². The van der Waals surface area contributed by atoms with Crippen LogP contribution in [-0.2, 0) is 18.3 Å². The van der Waals surface area contributed by atoms with Crippen LogP contribution in [0.2, 0.25) is 10.0 Å². The number of fused-ring (bicyclic) bond motifs is 1. The minimum Gasteiger partial charge on any atom is -0.481 e. The van der Waals surface area contributed by atoms with Crippen molar-refractivity contribution in [2.24, 2.45) is 18.9 Å². The minimum atomic E-state index is -4.48. The van der Waals surface area contributed by atoms with Crippen LogP contribution >= 0.6 is 23.2 Å². The molecule has 6 nitrogen and oxygen atoms in total. The summed E-state index contributed by atoms with van der Waals surface area (Å²) in [6, 6.07) is 4.43. The number of aromatic nitrogens is 1. The molecule has 1 fully saturated rings. The Bertz CT molecular complexity index is 1440. The second kappa shape index (κ2) is 11.4. The summed E-state index contributed by atoms with van der Waals surface area (Å²) in [6.45, 7) is 4.17. The lowest BCUT2D eigenvalue weighted by molar-refractivity contribution is -0.138. The predicted molar refractivity (Wildman–Crippen MR) is 147 cm³/mol. The second-order valence-corrected chi connectivity index (χ2v) is 11.2. The molecule has 11 heteroatoms. The molecule has 1 aromatic carbocycles. The summed E-state index contributed by atoms with van der Waals surface area (Å²) in [4.78, 5) is 40.0. The maximum Gasteiger partial charge on any atom is 0.416 e. The number of piperidine rings is 1. The number of alkyl halides is 3. The largest absolute Gasteiger partial charge is 0.481 e. The highest BCUT2D eigenvalue weighted by molar-refractivity contribution is 6.42. The first-order valence-corrected chi connectivity index (χ1v) is 13.6. The Morgan fingerprint density at radius 1 is 1.18 bits per heavy atom. The number of allylic oxidation sites excluding steroid dienone is 4. The second-order valence-electron chi connectivity index (χ2n) is 10.5. The summed E-state index contributed by atoms with van der Waals surface area (Å²) in [5.41, 5.74) is 1.09. The Balaban J connectivity index is 1.66.